The minimum atomic E-state index is -3.96. The Bertz CT molecular complexity index is 885. The number of ether oxygens (including phenoxy) is 1. The van der Waals surface area contributed by atoms with Crippen molar-refractivity contribution in [3.63, 3.8) is 0 Å². The van der Waals surface area contributed by atoms with Crippen LogP contribution in [0.25, 0.3) is 0 Å². The van der Waals surface area contributed by atoms with Gasteiger partial charge in [-0.25, -0.2) is 12.8 Å². The van der Waals surface area contributed by atoms with E-state index in [2.05, 4.69) is 10.0 Å². The van der Waals surface area contributed by atoms with Crippen molar-refractivity contribution in [2.75, 3.05) is 25.0 Å². The van der Waals surface area contributed by atoms with Crippen molar-refractivity contribution >= 4 is 21.6 Å². The minimum absolute atomic E-state index is 0.0470. The fourth-order valence-corrected chi connectivity index (χ4v) is 3.71. The zero-order valence-corrected chi connectivity index (χ0v) is 15.4. The molecule has 0 aromatic heterocycles. The van der Waals surface area contributed by atoms with E-state index in [9.17, 15) is 17.6 Å². The number of sulfonamides is 1. The predicted octanol–water partition coefficient (Wildman–Crippen LogP) is 2.70. The topological polar surface area (TPSA) is 84.5 Å². The van der Waals surface area contributed by atoms with Gasteiger partial charge in [0.1, 0.15) is 5.82 Å². The van der Waals surface area contributed by atoms with Crippen LogP contribution >= 0.6 is 0 Å². The SMILES string of the molecule is COCCCNC(=O)c1ccccc1NS(=O)(=O)c1ccc(F)cc1C. The van der Waals surface area contributed by atoms with E-state index < -0.39 is 21.7 Å². The van der Waals surface area contributed by atoms with E-state index in [1.54, 1.807) is 19.2 Å². The molecule has 0 radical (unpaired) electrons. The van der Waals surface area contributed by atoms with Gasteiger partial charge in [0.05, 0.1) is 16.1 Å². The van der Waals surface area contributed by atoms with E-state index in [0.29, 0.717) is 19.6 Å². The smallest absolute Gasteiger partial charge is 0.262 e. The molecule has 0 atom stereocenters. The van der Waals surface area contributed by atoms with Crippen LogP contribution in [0.1, 0.15) is 22.3 Å². The van der Waals surface area contributed by atoms with Gasteiger partial charge in [0.15, 0.2) is 0 Å². The van der Waals surface area contributed by atoms with E-state index in [4.69, 9.17) is 4.74 Å². The summed E-state index contributed by atoms with van der Waals surface area (Å²) in [7, 11) is -2.39. The van der Waals surface area contributed by atoms with E-state index in [0.717, 1.165) is 12.1 Å². The molecule has 2 rings (SSSR count). The number of benzene rings is 2. The quantitative estimate of drug-likeness (QED) is 0.690. The normalized spacial score (nSPS) is 11.2. The first-order chi connectivity index (χ1) is 12.3. The standard InChI is InChI=1S/C18H21FN2O4S/c1-13-12-14(19)8-9-17(13)26(23,24)21-16-7-4-3-6-15(16)18(22)20-10-5-11-25-2/h3-4,6-9,12,21H,5,10-11H2,1-2H3,(H,20,22). The van der Waals surface area contributed by atoms with Gasteiger partial charge in [-0.1, -0.05) is 12.1 Å². The molecule has 2 N–H and O–H groups in total. The van der Waals surface area contributed by atoms with Crippen molar-refractivity contribution < 1.29 is 22.3 Å². The molecule has 0 unspecified atom stereocenters. The lowest BCUT2D eigenvalue weighted by molar-refractivity contribution is 0.0949. The van der Waals surface area contributed by atoms with E-state index >= 15 is 0 Å². The van der Waals surface area contributed by atoms with Crippen LogP contribution in [-0.4, -0.2) is 34.6 Å². The molecule has 2 aromatic carbocycles. The monoisotopic (exact) mass is 380 g/mol. The van der Waals surface area contributed by atoms with Gasteiger partial charge in [0, 0.05) is 20.3 Å². The number of carbonyl (C=O) groups is 1. The summed E-state index contributed by atoms with van der Waals surface area (Å²) in [5, 5.41) is 2.72. The van der Waals surface area contributed by atoms with Crippen molar-refractivity contribution in [2.45, 2.75) is 18.2 Å². The molecule has 0 spiro atoms. The number of halogens is 1. The lowest BCUT2D eigenvalue weighted by Gasteiger charge is -2.14. The molecule has 140 valence electrons. The summed E-state index contributed by atoms with van der Waals surface area (Å²) in [6, 6.07) is 9.71. The van der Waals surface area contributed by atoms with Crippen molar-refractivity contribution in [3.05, 3.63) is 59.4 Å². The van der Waals surface area contributed by atoms with Gasteiger partial charge in [-0.05, 0) is 49.2 Å². The number of methoxy groups -OCH3 is 1. The third-order valence-corrected chi connectivity index (χ3v) is 5.18. The molecule has 0 aliphatic carbocycles. The Hall–Kier alpha value is -2.45. The molecular formula is C18H21FN2O4S. The number of carbonyl (C=O) groups excluding carboxylic acids is 1. The lowest BCUT2D eigenvalue weighted by atomic mass is 10.1. The van der Waals surface area contributed by atoms with Crippen LogP contribution in [0.3, 0.4) is 0 Å². The highest BCUT2D eigenvalue weighted by atomic mass is 32.2. The third-order valence-electron chi connectivity index (χ3n) is 3.65. The van der Waals surface area contributed by atoms with E-state index in [-0.39, 0.29) is 21.7 Å². The molecule has 0 saturated carbocycles. The maximum absolute atomic E-state index is 13.2. The van der Waals surface area contributed by atoms with Gasteiger partial charge < -0.3 is 10.1 Å². The van der Waals surface area contributed by atoms with Crippen LogP contribution < -0.4 is 10.0 Å². The van der Waals surface area contributed by atoms with Crippen LogP contribution in [0.4, 0.5) is 10.1 Å². The molecular weight excluding hydrogens is 359 g/mol. The van der Waals surface area contributed by atoms with E-state index in [1.165, 1.54) is 25.1 Å². The Morgan fingerprint density at radius 3 is 2.62 bits per heavy atom. The maximum atomic E-state index is 13.2. The Kier molecular flexibility index (Phi) is 6.70. The molecule has 0 bridgehead atoms. The van der Waals surface area contributed by atoms with Crippen LogP contribution in [0, 0.1) is 12.7 Å². The number of rotatable bonds is 8. The maximum Gasteiger partial charge on any atom is 0.262 e. The molecule has 0 aliphatic rings. The Labute approximate surface area is 152 Å². The van der Waals surface area contributed by atoms with Crippen LogP contribution in [-0.2, 0) is 14.8 Å². The fraction of sp³-hybridized carbons (Fsp3) is 0.278. The molecule has 0 saturated heterocycles. The van der Waals surface area contributed by atoms with Crippen molar-refractivity contribution in [3.8, 4) is 0 Å². The number of para-hydroxylation sites is 1. The van der Waals surface area contributed by atoms with Gasteiger partial charge in [0.2, 0.25) is 0 Å². The Morgan fingerprint density at radius 1 is 1.19 bits per heavy atom. The number of amides is 1. The summed E-state index contributed by atoms with van der Waals surface area (Å²) in [5.41, 5.74) is 0.632. The second kappa shape index (κ2) is 8.77. The lowest BCUT2D eigenvalue weighted by Crippen LogP contribution is -2.27. The zero-order valence-electron chi connectivity index (χ0n) is 14.6. The van der Waals surface area contributed by atoms with Crippen LogP contribution in [0.2, 0.25) is 0 Å². The molecule has 26 heavy (non-hydrogen) atoms. The van der Waals surface area contributed by atoms with Crippen LogP contribution in [0.15, 0.2) is 47.4 Å². The molecule has 1 amide bonds. The summed E-state index contributed by atoms with van der Waals surface area (Å²) in [6.07, 6.45) is 0.644. The molecule has 6 nitrogen and oxygen atoms in total. The molecule has 8 heteroatoms. The second-order valence-corrected chi connectivity index (χ2v) is 7.31. The average molecular weight is 380 g/mol. The van der Waals surface area contributed by atoms with Gasteiger partial charge in [0.25, 0.3) is 15.9 Å². The first kappa shape index (κ1) is 19.9. The Morgan fingerprint density at radius 2 is 1.92 bits per heavy atom. The minimum Gasteiger partial charge on any atom is -0.385 e. The molecule has 0 fully saturated rings. The van der Waals surface area contributed by atoms with Crippen LogP contribution in [0.5, 0.6) is 0 Å². The van der Waals surface area contributed by atoms with Gasteiger partial charge in [-0.3, -0.25) is 9.52 Å². The second-order valence-electron chi connectivity index (χ2n) is 5.66. The summed E-state index contributed by atoms with van der Waals surface area (Å²) < 4.78 is 45.8. The third kappa shape index (κ3) is 5.03. The van der Waals surface area contributed by atoms with Gasteiger partial charge in [-0.15, -0.1) is 0 Å². The number of nitrogens with one attached hydrogen (secondary N) is 2. The van der Waals surface area contributed by atoms with Crippen molar-refractivity contribution in [1.29, 1.82) is 0 Å². The number of hydrogen-bond acceptors (Lipinski definition) is 4. The highest BCUT2D eigenvalue weighted by Crippen LogP contribution is 2.22. The highest BCUT2D eigenvalue weighted by Gasteiger charge is 2.20. The first-order valence-electron chi connectivity index (χ1n) is 8.00. The highest BCUT2D eigenvalue weighted by molar-refractivity contribution is 7.92. The average Bonchev–Trinajstić information content (AvgIpc) is 2.58. The predicted molar refractivity (Wildman–Crippen MR) is 97.2 cm³/mol. The molecule has 2 aromatic rings. The first-order valence-corrected chi connectivity index (χ1v) is 9.48. The summed E-state index contributed by atoms with van der Waals surface area (Å²) >= 11 is 0. The summed E-state index contributed by atoms with van der Waals surface area (Å²) in [4.78, 5) is 12.3. The van der Waals surface area contributed by atoms with Gasteiger partial charge >= 0.3 is 0 Å². The fourth-order valence-electron chi connectivity index (χ4n) is 2.40. The number of anilines is 1. The molecule has 0 heterocycles. The number of aryl methyl sites for hydroxylation is 1. The van der Waals surface area contributed by atoms with E-state index in [1.807, 2.05) is 0 Å². The number of hydrogen-bond donors (Lipinski definition) is 2. The molecule has 0 aliphatic heterocycles. The zero-order chi connectivity index (χ0) is 19.2. The van der Waals surface area contributed by atoms with Crippen molar-refractivity contribution in [2.24, 2.45) is 0 Å². The summed E-state index contributed by atoms with van der Waals surface area (Å²) in [6.45, 7) is 2.43. The largest absolute Gasteiger partial charge is 0.385 e. The van der Waals surface area contributed by atoms with Crippen molar-refractivity contribution in [1.82, 2.24) is 5.32 Å². The van der Waals surface area contributed by atoms with Gasteiger partial charge in [-0.2, -0.15) is 0 Å². The summed E-state index contributed by atoms with van der Waals surface area (Å²) in [5.74, 6) is -0.910. The Balaban J connectivity index is 2.22.